The minimum atomic E-state index is 0.145. The summed E-state index contributed by atoms with van der Waals surface area (Å²) in [5.74, 6) is 1.49. The smallest absolute Gasteiger partial charge is 0.226 e. The topological polar surface area (TPSA) is 82.8 Å². The molecule has 1 aromatic heterocycles. The summed E-state index contributed by atoms with van der Waals surface area (Å²) in [5.41, 5.74) is 1.77. The molecular weight excluding hydrogens is 330 g/mol. The molecule has 1 fully saturated rings. The van der Waals surface area contributed by atoms with Crippen LogP contribution in [0.3, 0.4) is 0 Å². The first-order chi connectivity index (χ1) is 12.7. The fourth-order valence-electron chi connectivity index (χ4n) is 3.00. The Labute approximate surface area is 153 Å². The lowest BCUT2D eigenvalue weighted by Crippen LogP contribution is -2.49. The molecule has 0 radical (unpaired) electrons. The molecule has 0 bridgehead atoms. The van der Waals surface area contributed by atoms with E-state index in [2.05, 4.69) is 20.6 Å². The van der Waals surface area contributed by atoms with Crippen molar-refractivity contribution in [2.45, 2.75) is 32.4 Å². The Morgan fingerprint density at radius 1 is 1.31 bits per heavy atom. The third-order valence-corrected chi connectivity index (χ3v) is 4.51. The van der Waals surface area contributed by atoms with Crippen LogP contribution >= 0.6 is 0 Å². The maximum Gasteiger partial charge on any atom is 0.226 e. The number of amides is 1. The van der Waals surface area contributed by atoms with E-state index in [0.717, 1.165) is 43.1 Å². The molecule has 2 heterocycles. The van der Waals surface area contributed by atoms with E-state index in [1.807, 2.05) is 35.2 Å². The summed E-state index contributed by atoms with van der Waals surface area (Å²) < 4.78 is 5.55. The molecule has 0 atom stereocenters. The molecule has 0 spiro atoms. The quantitative estimate of drug-likeness (QED) is 0.648. The van der Waals surface area contributed by atoms with Crippen molar-refractivity contribution in [3.8, 4) is 11.5 Å². The van der Waals surface area contributed by atoms with Crippen LogP contribution in [0, 0.1) is 0 Å². The first-order valence-corrected chi connectivity index (χ1v) is 8.88. The lowest BCUT2D eigenvalue weighted by Gasteiger charge is -2.32. The van der Waals surface area contributed by atoms with Crippen LogP contribution in [-0.4, -0.2) is 47.9 Å². The number of guanidine groups is 1. The maximum atomic E-state index is 11.4. The fourth-order valence-corrected chi connectivity index (χ4v) is 3.00. The van der Waals surface area contributed by atoms with Crippen molar-refractivity contribution >= 4 is 11.9 Å². The van der Waals surface area contributed by atoms with E-state index in [-0.39, 0.29) is 5.91 Å². The number of likely N-dealkylation sites (tertiary alicyclic amines) is 1. The number of nitrogens with one attached hydrogen (secondary N) is 2. The van der Waals surface area contributed by atoms with Crippen LogP contribution in [0.25, 0.3) is 11.5 Å². The summed E-state index contributed by atoms with van der Waals surface area (Å²) >= 11 is 0. The highest BCUT2D eigenvalue weighted by Gasteiger charge is 2.21. The monoisotopic (exact) mass is 355 g/mol. The number of piperidine rings is 1. The van der Waals surface area contributed by atoms with Crippen LogP contribution in [0.15, 0.2) is 46.0 Å². The molecule has 1 aliphatic heterocycles. The van der Waals surface area contributed by atoms with Crippen molar-refractivity contribution in [3.05, 3.63) is 42.3 Å². The van der Waals surface area contributed by atoms with Crippen LogP contribution in [-0.2, 0) is 11.3 Å². The summed E-state index contributed by atoms with van der Waals surface area (Å²) in [6.07, 6.45) is 3.50. The zero-order chi connectivity index (χ0) is 18.4. The molecule has 1 saturated heterocycles. The van der Waals surface area contributed by atoms with Crippen molar-refractivity contribution < 1.29 is 9.21 Å². The average molecular weight is 355 g/mol. The van der Waals surface area contributed by atoms with Gasteiger partial charge in [0, 0.05) is 38.7 Å². The maximum absolute atomic E-state index is 11.4. The summed E-state index contributed by atoms with van der Waals surface area (Å²) in [7, 11) is 1.75. The summed E-state index contributed by atoms with van der Waals surface area (Å²) in [6.45, 7) is 3.72. The van der Waals surface area contributed by atoms with Gasteiger partial charge in [-0.1, -0.05) is 18.2 Å². The number of aromatic nitrogens is 1. The standard InChI is InChI=1S/C19H25N5O2/c1-14(25)24-10-8-16(9-11-24)23-19(20-2)21-12-17-13-26-18(22-17)15-6-4-3-5-7-15/h3-7,13,16H,8-12H2,1-2H3,(H2,20,21,23). The van der Waals surface area contributed by atoms with Crippen LogP contribution < -0.4 is 10.6 Å². The first kappa shape index (κ1) is 18.0. The third kappa shape index (κ3) is 4.62. The Kier molecular flexibility index (Phi) is 5.88. The van der Waals surface area contributed by atoms with Gasteiger partial charge >= 0.3 is 0 Å². The van der Waals surface area contributed by atoms with Gasteiger partial charge in [0.05, 0.1) is 12.2 Å². The molecule has 1 aliphatic rings. The van der Waals surface area contributed by atoms with E-state index < -0.39 is 0 Å². The fraction of sp³-hybridized carbons (Fsp3) is 0.421. The second kappa shape index (κ2) is 8.51. The summed E-state index contributed by atoms with van der Waals surface area (Å²) in [5, 5.41) is 6.68. The second-order valence-corrected chi connectivity index (χ2v) is 6.36. The number of carbonyl (C=O) groups is 1. The van der Waals surface area contributed by atoms with Crippen molar-refractivity contribution in [2.24, 2.45) is 4.99 Å². The molecule has 2 N–H and O–H groups in total. The van der Waals surface area contributed by atoms with Crippen LogP contribution in [0.1, 0.15) is 25.5 Å². The van der Waals surface area contributed by atoms with Gasteiger partial charge in [0.15, 0.2) is 5.96 Å². The van der Waals surface area contributed by atoms with E-state index in [1.165, 1.54) is 0 Å². The first-order valence-electron chi connectivity index (χ1n) is 8.88. The van der Waals surface area contributed by atoms with Crippen LogP contribution in [0.4, 0.5) is 0 Å². The number of hydrogen-bond donors (Lipinski definition) is 2. The van der Waals surface area contributed by atoms with Gasteiger partial charge in [0.2, 0.25) is 11.8 Å². The highest BCUT2D eigenvalue weighted by Crippen LogP contribution is 2.17. The molecule has 7 nitrogen and oxygen atoms in total. The second-order valence-electron chi connectivity index (χ2n) is 6.36. The molecule has 3 rings (SSSR count). The zero-order valence-electron chi connectivity index (χ0n) is 15.2. The highest BCUT2D eigenvalue weighted by molar-refractivity contribution is 5.80. The lowest BCUT2D eigenvalue weighted by atomic mass is 10.1. The minimum absolute atomic E-state index is 0.145. The largest absolute Gasteiger partial charge is 0.444 e. The van der Waals surface area contributed by atoms with E-state index >= 15 is 0 Å². The number of oxazole rings is 1. The normalized spacial score (nSPS) is 15.8. The number of hydrogen-bond acceptors (Lipinski definition) is 4. The highest BCUT2D eigenvalue weighted by atomic mass is 16.3. The van der Waals surface area contributed by atoms with Gasteiger partial charge in [-0.25, -0.2) is 4.98 Å². The number of benzene rings is 1. The molecular formula is C19H25N5O2. The van der Waals surface area contributed by atoms with Crippen LogP contribution in [0.5, 0.6) is 0 Å². The van der Waals surface area contributed by atoms with E-state index in [0.29, 0.717) is 18.5 Å². The molecule has 0 aliphatic carbocycles. The Bertz CT molecular complexity index is 748. The molecule has 0 saturated carbocycles. The van der Waals surface area contributed by atoms with Crippen molar-refractivity contribution in [1.29, 1.82) is 0 Å². The van der Waals surface area contributed by atoms with Gasteiger partial charge in [0.1, 0.15) is 6.26 Å². The molecule has 2 aromatic rings. The third-order valence-electron chi connectivity index (χ3n) is 4.51. The van der Waals surface area contributed by atoms with Gasteiger partial charge in [-0.15, -0.1) is 0 Å². The summed E-state index contributed by atoms with van der Waals surface area (Å²) in [4.78, 5) is 22.1. The molecule has 7 heteroatoms. The van der Waals surface area contributed by atoms with Gasteiger partial charge in [-0.3, -0.25) is 9.79 Å². The van der Waals surface area contributed by atoms with Crippen molar-refractivity contribution in [2.75, 3.05) is 20.1 Å². The van der Waals surface area contributed by atoms with E-state index in [9.17, 15) is 4.79 Å². The molecule has 1 aromatic carbocycles. The Morgan fingerprint density at radius 2 is 2.04 bits per heavy atom. The van der Waals surface area contributed by atoms with Crippen molar-refractivity contribution in [3.63, 3.8) is 0 Å². The average Bonchev–Trinajstić information content (AvgIpc) is 3.15. The Morgan fingerprint density at radius 3 is 2.69 bits per heavy atom. The zero-order valence-corrected chi connectivity index (χ0v) is 15.2. The SMILES string of the molecule is CN=C(NCc1coc(-c2ccccc2)n1)NC1CCN(C(C)=O)CC1. The minimum Gasteiger partial charge on any atom is -0.444 e. The van der Waals surface area contributed by atoms with Crippen molar-refractivity contribution in [1.82, 2.24) is 20.5 Å². The number of aliphatic imine (C=N–C) groups is 1. The number of nitrogens with zero attached hydrogens (tertiary/aromatic N) is 3. The predicted molar refractivity (Wildman–Crippen MR) is 101 cm³/mol. The molecule has 138 valence electrons. The van der Waals surface area contributed by atoms with Crippen LogP contribution in [0.2, 0.25) is 0 Å². The predicted octanol–water partition coefficient (Wildman–Crippen LogP) is 2.02. The van der Waals surface area contributed by atoms with E-state index in [4.69, 9.17) is 4.42 Å². The van der Waals surface area contributed by atoms with Gasteiger partial charge in [-0.05, 0) is 25.0 Å². The number of carbonyl (C=O) groups excluding carboxylic acids is 1. The van der Waals surface area contributed by atoms with Gasteiger partial charge in [-0.2, -0.15) is 0 Å². The molecule has 26 heavy (non-hydrogen) atoms. The van der Waals surface area contributed by atoms with E-state index in [1.54, 1.807) is 20.2 Å². The Balaban J connectivity index is 1.49. The lowest BCUT2D eigenvalue weighted by molar-refractivity contribution is -0.129. The summed E-state index contributed by atoms with van der Waals surface area (Å²) in [6, 6.07) is 10.1. The van der Waals surface area contributed by atoms with Gasteiger partial charge < -0.3 is 20.0 Å². The van der Waals surface area contributed by atoms with Gasteiger partial charge in [0.25, 0.3) is 0 Å². The molecule has 1 amide bonds. The molecule has 0 unspecified atom stereocenters. The Hall–Kier alpha value is -2.83. The number of rotatable bonds is 4.